The molecule has 0 unspecified atom stereocenters. The Balaban J connectivity index is 1.52. The molecule has 5 rings (SSSR count). The number of nitrogens with one attached hydrogen (secondary N) is 2. The maximum absolute atomic E-state index is 13.1. The summed E-state index contributed by atoms with van der Waals surface area (Å²) in [6.45, 7) is 3.49. The summed E-state index contributed by atoms with van der Waals surface area (Å²) in [5, 5.41) is 8.40. The molecule has 0 bridgehead atoms. The van der Waals surface area contributed by atoms with E-state index in [9.17, 15) is 4.79 Å². The molecule has 0 spiro atoms. The number of aromatic amines is 2. The lowest BCUT2D eigenvalue weighted by Gasteiger charge is -2.20. The fraction of sp³-hybridized carbons (Fsp3) is 0.286. The molecule has 0 aliphatic carbocycles. The van der Waals surface area contributed by atoms with E-state index in [1.165, 1.54) is 0 Å². The van der Waals surface area contributed by atoms with Gasteiger partial charge in [0, 0.05) is 30.6 Å². The summed E-state index contributed by atoms with van der Waals surface area (Å²) in [4.78, 5) is 25.3. The third-order valence-corrected chi connectivity index (χ3v) is 5.43. The van der Waals surface area contributed by atoms with Gasteiger partial charge in [0.25, 0.3) is 5.91 Å². The lowest BCUT2D eigenvalue weighted by molar-refractivity contribution is 0.0763. The average Bonchev–Trinajstić information content (AvgIpc) is 3.26. The highest BCUT2D eigenvalue weighted by molar-refractivity contribution is 6.01. The number of hydrogen-bond donors (Lipinski definition) is 2. The fourth-order valence-corrected chi connectivity index (χ4v) is 3.82. The Morgan fingerprint density at radius 3 is 2.82 bits per heavy atom. The summed E-state index contributed by atoms with van der Waals surface area (Å²) in [5.41, 5.74) is 4.18. The molecule has 142 valence electrons. The van der Waals surface area contributed by atoms with Crippen LogP contribution in [0.4, 0.5) is 0 Å². The van der Waals surface area contributed by atoms with Gasteiger partial charge in [0.05, 0.1) is 16.6 Å². The molecule has 7 nitrogen and oxygen atoms in total. The molecule has 1 aliphatic rings. The molecule has 1 saturated heterocycles. The van der Waals surface area contributed by atoms with Crippen molar-refractivity contribution >= 4 is 27.8 Å². The lowest BCUT2D eigenvalue weighted by Crippen LogP contribution is -2.34. The van der Waals surface area contributed by atoms with Crippen molar-refractivity contribution in [3.63, 3.8) is 0 Å². The fourth-order valence-electron chi connectivity index (χ4n) is 3.82. The van der Waals surface area contributed by atoms with Gasteiger partial charge in [-0.25, -0.2) is 4.98 Å². The van der Waals surface area contributed by atoms with Gasteiger partial charge in [-0.2, -0.15) is 5.10 Å². The Bertz CT molecular complexity index is 1130. The minimum absolute atomic E-state index is 0.0777. The van der Waals surface area contributed by atoms with Crippen molar-refractivity contribution in [2.45, 2.75) is 6.42 Å². The third-order valence-electron chi connectivity index (χ3n) is 5.43. The highest BCUT2D eigenvalue weighted by Gasteiger charge is 2.20. The van der Waals surface area contributed by atoms with Gasteiger partial charge < -0.3 is 14.8 Å². The van der Waals surface area contributed by atoms with Crippen LogP contribution in [0.3, 0.4) is 0 Å². The van der Waals surface area contributed by atoms with Gasteiger partial charge in [-0.1, -0.05) is 12.1 Å². The van der Waals surface area contributed by atoms with Crippen molar-refractivity contribution in [3.05, 3.63) is 48.0 Å². The molecule has 2 aromatic heterocycles. The maximum Gasteiger partial charge on any atom is 0.253 e. The highest BCUT2D eigenvalue weighted by atomic mass is 16.2. The number of hydrogen-bond acceptors (Lipinski definition) is 4. The van der Waals surface area contributed by atoms with Crippen LogP contribution in [-0.4, -0.2) is 69.1 Å². The Morgan fingerprint density at radius 1 is 1.04 bits per heavy atom. The van der Waals surface area contributed by atoms with Crippen molar-refractivity contribution in [2.75, 3.05) is 33.2 Å². The zero-order valence-corrected chi connectivity index (χ0v) is 15.8. The van der Waals surface area contributed by atoms with E-state index in [0.717, 1.165) is 60.2 Å². The van der Waals surface area contributed by atoms with E-state index >= 15 is 0 Å². The van der Waals surface area contributed by atoms with E-state index in [2.05, 4.69) is 32.1 Å². The molecule has 7 heteroatoms. The molecule has 3 heterocycles. The Kier molecular flexibility index (Phi) is 4.09. The minimum atomic E-state index is 0.0777. The number of imidazole rings is 1. The minimum Gasteiger partial charge on any atom is -0.337 e. The van der Waals surface area contributed by atoms with Crippen LogP contribution in [0.25, 0.3) is 33.5 Å². The first-order valence-corrected chi connectivity index (χ1v) is 9.60. The predicted molar refractivity (Wildman–Crippen MR) is 109 cm³/mol. The largest absolute Gasteiger partial charge is 0.337 e. The molecule has 0 atom stereocenters. The van der Waals surface area contributed by atoms with Gasteiger partial charge in [0.1, 0.15) is 5.69 Å². The number of fused-ring (bicyclic) bond motifs is 2. The second kappa shape index (κ2) is 6.76. The third kappa shape index (κ3) is 2.93. The normalized spacial score (nSPS) is 16.0. The van der Waals surface area contributed by atoms with Crippen molar-refractivity contribution in [3.8, 4) is 11.5 Å². The topological polar surface area (TPSA) is 80.9 Å². The summed E-state index contributed by atoms with van der Waals surface area (Å²) in [5.74, 6) is 0.780. The number of carbonyl (C=O) groups excluding carboxylic acids is 1. The van der Waals surface area contributed by atoms with Crippen LogP contribution in [0.5, 0.6) is 0 Å². The molecule has 4 aromatic rings. The van der Waals surface area contributed by atoms with Crippen molar-refractivity contribution in [1.82, 2.24) is 30.0 Å². The first kappa shape index (κ1) is 16.9. The van der Waals surface area contributed by atoms with Crippen LogP contribution < -0.4 is 0 Å². The van der Waals surface area contributed by atoms with E-state index in [1.807, 2.05) is 47.4 Å². The van der Waals surface area contributed by atoms with Gasteiger partial charge >= 0.3 is 0 Å². The number of nitrogens with zero attached hydrogens (tertiary/aromatic N) is 4. The van der Waals surface area contributed by atoms with Gasteiger partial charge in [-0.15, -0.1) is 0 Å². The molecular weight excluding hydrogens is 352 g/mol. The van der Waals surface area contributed by atoms with Gasteiger partial charge in [0.15, 0.2) is 5.82 Å². The summed E-state index contributed by atoms with van der Waals surface area (Å²) in [6, 6.07) is 13.6. The number of benzene rings is 2. The number of para-hydroxylation sites is 2. The molecule has 1 aliphatic heterocycles. The number of likely N-dealkylation sites (N-methyl/N-ethyl adjacent to an activating group) is 1. The summed E-state index contributed by atoms with van der Waals surface area (Å²) in [7, 11) is 2.10. The van der Waals surface area contributed by atoms with Crippen LogP contribution in [0.1, 0.15) is 16.8 Å². The predicted octanol–water partition coefficient (Wildman–Crippen LogP) is 2.88. The lowest BCUT2D eigenvalue weighted by atomic mass is 10.1. The van der Waals surface area contributed by atoms with Crippen molar-refractivity contribution in [1.29, 1.82) is 0 Å². The quantitative estimate of drug-likeness (QED) is 0.565. The molecule has 0 radical (unpaired) electrons. The summed E-state index contributed by atoms with van der Waals surface area (Å²) < 4.78 is 0. The second-order valence-electron chi connectivity index (χ2n) is 7.38. The van der Waals surface area contributed by atoms with E-state index in [4.69, 9.17) is 0 Å². The maximum atomic E-state index is 13.1. The number of H-pyrrole nitrogens is 2. The van der Waals surface area contributed by atoms with Crippen LogP contribution in [0, 0.1) is 0 Å². The average molecular weight is 374 g/mol. The number of aromatic nitrogens is 4. The Labute approximate surface area is 162 Å². The Morgan fingerprint density at radius 2 is 1.93 bits per heavy atom. The first-order valence-electron chi connectivity index (χ1n) is 9.60. The second-order valence-corrected chi connectivity index (χ2v) is 7.38. The molecule has 0 saturated carbocycles. The standard InChI is InChI=1S/C21H22N6O/c1-26-9-4-10-27(12-11-26)21(28)14-7-8-16-15(13-14)19(25-24-16)20-22-17-5-2-3-6-18(17)23-20/h2-3,5-8,13H,4,9-12H2,1H3,(H,22,23)(H,24,25). The number of carbonyl (C=O) groups is 1. The SMILES string of the molecule is CN1CCCN(C(=O)c2ccc3[nH]nc(-c4nc5ccccc5[nH]4)c3c2)CC1. The Hall–Kier alpha value is -3.19. The van der Waals surface area contributed by atoms with Gasteiger partial charge in [-0.3, -0.25) is 9.89 Å². The zero-order valence-electron chi connectivity index (χ0n) is 15.8. The highest BCUT2D eigenvalue weighted by Crippen LogP contribution is 2.27. The van der Waals surface area contributed by atoms with Crippen molar-refractivity contribution in [2.24, 2.45) is 0 Å². The monoisotopic (exact) mass is 374 g/mol. The molecule has 1 amide bonds. The summed E-state index contributed by atoms with van der Waals surface area (Å²) in [6.07, 6.45) is 1.00. The summed E-state index contributed by atoms with van der Waals surface area (Å²) >= 11 is 0. The van der Waals surface area contributed by atoms with E-state index in [-0.39, 0.29) is 5.91 Å². The van der Waals surface area contributed by atoms with Crippen LogP contribution in [0.15, 0.2) is 42.5 Å². The number of amides is 1. The van der Waals surface area contributed by atoms with Gasteiger partial charge in [0.2, 0.25) is 0 Å². The first-order chi connectivity index (χ1) is 13.7. The van der Waals surface area contributed by atoms with Crippen LogP contribution >= 0.6 is 0 Å². The van der Waals surface area contributed by atoms with Crippen LogP contribution in [-0.2, 0) is 0 Å². The zero-order chi connectivity index (χ0) is 19.1. The van der Waals surface area contributed by atoms with Gasteiger partial charge in [-0.05, 0) is 50.3 Å². The van der Waals surface area contributed by atoms with E-state index in [1.54, 1.807) is 0 Å². The molecule has 1 fully saturated rings. The molecule has 2 N–H and O–H groups in total. The molecular formula is C21H22N6O. The van der Waals surface area contributed by atoms with E-state index < -0.39 is 0 Å². The molecule has 2 aromatic carbocycles. The van der Waals surface area contributed by atoms with Crippen LogP contribution in [0.2, 0.25) is 0 Å². The van der Waals surface area contributed by atoms with Crippen molar-refractivity contribution < 1.29 is 4.79 Å². The molecule has 28 heavy (non-hydrogen) atoms. The smallest absolute Gasteiger partial charge is 0.253 e. The van der Waals surface area contributed by atoms with E-state index in [0.29, 0.717) is 11.4 Å². The number of rotatable bonds is 2.